The number of nitrogens with one attached hydrogen (secondary N) is 1. The van der Waals surface area contributed by atoms with Gasteiger partial charge in [0.25, 0.3) is 5.91 Å². The van der Waals surface area contributed by atoms with E-state index in [-0.39, 0.29) is 17.6 Å². The zero-order valence-electron chi connectivity index (χ0n) is 11.8. The Morgan fingerprint density at radius 2 is 2.26 bits per heavy atom. The summed E-state index contributed by atoms with van der Waals surface area (Å²) in [5.41, 5.74) is -0.735. The molecule has 1 N–H and O–H groups in total. The van der Waals surface area contributed by atoms with Gasteiger partial charge in [0.15, 0.2) is 0 Å². The second kappa shape index (κ2) is 6.25. The lowest BCUT2D eigenvalue weighted by molar-refractivity contribution is -0.137. The molecule has 0 saturated carbocycles. The van der Waals surface area contributed by atoms with E-state index in [0.29, 0.717) is 11.6 Å². The molecule has 0 aromatic carbocycles. The van der Waals surface area contributed by atoms with Crippen LogP contribution < -0.4 is 5.32 Å². The first-order valence-electron chi connectivity index (χ1n) is 6.85. The Morgan fingerprint density at radius 1 is 1.43 bits per heavy atom. The monoisotopic (exact) mass is 343 g/mol. The van der Waals surface area contributed by atoms with Gasteiger partial charge in [0.1, 0.15) is 22.6 Å². The number of carbonyl (C=O) groups is 1. The molecule has 5 nitrogen and oxygen atoms in total. The van der Waals surface area contributed by atoms with Crippen molar-refractivity contribution in [1.29, 1.82) is 0 Å². The number of ether oxygens (including phenoxy) is 1. The van der Waals surface area contributed by atoms with Gasteiger partial charge < -0.3 is 10.1 Å². The summed E-state index contributed by atoms with van der Waals surface area (Å²) >= 11 is 1.30. The lowest BCUT2D eigenvalue weighted by atomic mass is 10.2. The second-order valence-electron chi connectivity index (χ2n) is 4.95. The molecule has 1 saturated heterocycles. The second-order valence-corrected chi connectivity index (χ2v) is 5.84. The Labute approximate surface area is 133 Å². The fourth-order valence-corrected chi connectivity index (χ4v) is 3.05. The topological polar surface area (TPSA) is 64.1 Å². The van der Waals surface area contributed by atoms with Crippen molar-refractivity contribution in [1.82, 2.24) is 9.97 Å². The molecule has 3 rings (SSSR count). The highest BCUT2D eigenvalue weighted by atomic mass is 32.1. The molecule has 122 valence electrons. The molecule has 1 atom stereocenters. The van der Waals surface area contributed by atoms with Crippen molar-refractivity contribution in [3.05, 3.63) is 40.0 Å². The number of anilines is 1. The first kappa shape index (κ1) is 15.9. The molecule has 2 aromatic heterocycles. The Balaban J connectivity index is 1.72. The number of carbonyl (C=O) groups excluding carboxylic acids is 1. The first-order chi connectivity index (χ1) is 10.9. The average molecular weight is 343 g/mol. The maximum Gasteiger partial charge on any atom is 0.416 e. The van der Waals surface area contributed by atoms with Crippen LogP contribution in [0.15, 0.2) is 23.7 Å². The van der Waals surface area contributed by atoms with Crippen LogP contribution in [0.5, 0.6) is 0 Å². The maximum atomic E-state index is 12.6. The molecule has 0 spiro atoms. The van der Waals surface area contributed by atoms with Gasteiger partial charge in [0.05, 0.1) is 5.56 Å². The van der Waals surface area contributed by atoms with Crippen molar-refractivity contribution < 1.29 is 22.7 Å². The lowest BCUT2D eigenvalue weighted by Crippen LogP contribution is -2.15. The third-order valence-electron chi connectivity index (χ3n) is 3.29. The van der Waals surface area contributed by atoms with Gasteiger partial charge >= 0.3 is 6.18 Å². The largest absolute Gasteiger partial charge is 0.416 e. The fourth-order valence-electron chi connectivity index (χ4n) is 2.17. The van der Waals surface area contributed by atoms with Crippen molar-refractivity contribution in [2.75, 3.05) is 11.9 Å². The van der Waals surface area contributed by atoms with Gasteiger partial charge in [-0.25, -0.2) is 9.97 Å². The van der Waals surface area contributed by atoms with Crippen LogP contribution in [0.25, 0.3) is 0 Å². The number of halogens is 3. The Kier molecular flexibility index (Phi) is 4.31. The van der Waals surface area contributed by atoms with E-state index in [0.717, 1.165) is 31.2 Å². The van der Waals surface area contributed by atoms with Gasteiger partial charge in [-0.2, -0.15) is 13.2 Å². The van der Waals surface area contributed by atoms with E-state index < -0.39 is 17.6 Å². The highest BCUT2D eigenvalue weighted by Crippen LogP contribution is 2.31. The van der Waals surface area contributed by atoms with Crippen molar-refractivity contribution >= 4 is 23.1 Å². The van der Waals surface area contributed by atoms with Crippen molar-refractivity contribution in [2.24, 2.45) is 0 Å². The van der Waals surface area contributed by atoms with E-state index >= 15 is 0 Å². The minimum absolute atomic E-state index is 0.103. The van der Waals surface area contributed by atoms with Crippen LogP contribution >= 0.6 is 11.3 Å². The maximum absolute atomic E-state index is 12.6. The number of amides is 1. The number of nitrogens with zero attached hydrogens (tertiary/aromatic N) is 2. The minimum Gasteiger partial charge on any atom is -0.371 e. The molecule has 9 heteroatoms. The van der Waals surface area contributed by atoms with E-state index in [9.17, 15) is 18.0 Å². The smallest absolute Gasteiger partial charge is 0.371 e. The highest BCUT2D eigenvalue weighted by Gasteiger charge is 2.31. The summed E-state index contributed by atoms with van der Waals surface area (Å²) in [5, 5.41) is 4.58. The molecule has 0 unspecified atom stereocenters. The molecule has 3 heterocycles. The Hall–Kier alpha value is -2.00. The van der Waals surface area contributed by atoms with Crippen molar-refractivity contribution in [3.8, 4) is 0 Å². The third-order valence-corrected chi connectivity index (χ3v) is 4.23. The minimum atomic E-state index is -4.49. The molecule has 0 aliphatic carbocycles. The number of thiazole rings is 1. The van der Waals surface area contributed by atoms with Crippen molar-refractivity contribution in [2.45, 2.75) is 25.1 Å². The number of rotatable bonds is 3. The van der Waals surface area contributed by atoms with Gasteiger partial charge in [-0.3, -0.25) is 4.79 Å². The first-order valence-corrected chi connectivity index (χ1v) is 7.73. The summed E-state index contributed by atoms with van der Waals surface area (Å²) in [7, 11) is 0. The number of pyridine rings is 1. The molecule has 1 aliphatic rings. The molecule has 1 amide bonds. The van der Waals surface area contributed by atoms with E-state index in [1.807, 2.05) is 0 Å². The fraction of sp³-hybridized carbons (Fsp3) is 0.357. The highest BCUT2D eigenvalue weighted by molar-refractivity contribution is 7.09. The van der Waals surface area contributed by atoms with Crippen LogP contribution in [-0.4, -0.2) is 22.5 Å². The van der Waals surface area contributed by atoms with Crippen molar-refractivity contribution in [3.63, 3.8) is 0 Å². The summed E-state index contributed by atoms with van der Waals surface area (Å²) in [6.07, 6.45) is -1.80. The summed E-state index contributed by atoms with van der Waals surface area (Å²) in [6, 6.07) is 1.62. The van der Waals surface area contributed by atoms with Crippen LogP contribution in [0, 0.1) is 0 Å². The molecule has 0 bridgehead atoms. The van der Waals surface area contributed by atoms with Gasteiger partial charge in [-0.1, -0.05) is 0 Å². The van der Waals surface area contributed by atoms with Gasteiger partial charge in [0, 0.05) is 18.2 Å². The predicted molar refractivity (Wildman–Crippen MR) is 77.2 cm³/mol. The molecular weight excluding hydrogens is 331 g/mol. The Morgan fingerprint density at radius 3 is 2.96 bits per heavy atom. The zero-order valence-corrected chi connectivity index (χ0v) is 12.6. The van der Waals surface area contributed by atoms with E-state index in [2.05, 4.69) is 15.3 Å². The van der Waals surface area contributed by atoms with E-state index in [1.165, 1.54) is 11.3 Å². The number of alkyl halides is 3. The molecule has 0 radical (unpaired) electrons. The van der Waals surface area contributed by atoms with Gasteiger partial charge in [-0.05, 0) is 25.0 Å². The lowest BCUT2D eigenvalue weighted by Gasteiger charge is -2.08. The zero-order chi connectivity index (χ0) is 16.4. The summed E-state index contributed by atoms with van der Waals surface area (Å²) in [4.78, 5) is 20.0. The Bertz CT molecular complexity index is 711. The van der Waals surface area contributed by atoms with Crippen LogP contribution in [-0.2, 0) is 10.9 Å². The predicted octanol–water partition coefficient (Wildman–Crippen LogP) is 3.66. The van der Waals surface area contributed by atoms with Gasteiger partial charge in [-0.15, -0.1) is 11.3 Å². The standard InChI is InChI=1S/C14H12F3N3O2S/c15-14(16,17)8-3-4-18-11(6-8)20-12(21)9-7-23-13(19-9)10-2-1-5-22-10/h3-4,6-7,10H,1-2,5H2,(H,18,20,21)/t10-/m1/s1. The molecule has 1 aliphatic heterocycles. The van der Waals surface area contributed by atoms with E-state index in [1.54, 1.807) is 5.38 Å². The SMILES string of the molecule is O=C(Nc1cc(C(F)(F)F)ccn1)c1csc([C@H]2CCCO2)n1. The van der Waals surface area contributed by atoms with Crippen LogP contribution in [0.1, 0.15) is 40.0 Å². The molecule has 23 heavy (non-hydrogen) atoms. The van der Waals surface area contributed by atoms with Crippen LogP contribution in [0.4, 0.5) is 19.0 Å². The summed E-state index contributed by atoms with van der Waals surface area (Å²) in [5.74, 6) is -0.770. The average Bonchev–Trinajstić information content (AvgIpc) is 3.18. The quantitative estimate of drug-likeness (QED) is 0.924. The molecule has 2 aromatic rings. The number of hydrogen-bond donors (Lipinski definition) is 1. The van der Waals surface area contributed by atoms with E-state index in [4.69, 9.17) is 4.74 Å². The number of hydrogen-bond acceptors (Lipinski definition) is 5. The third kappa shape index (κ3) is 3.67. The number of aromatic nitrogens is 2. The summed E-state index contributed by atoms with van der Waals surface area (Å²) < 4.78 is 43.4. The molecular formula is C14H12F3N3O2S. The van der Waals surface area contributed by atoms with Gasteiger partial charge in [0.2, 0.25) is 0 Å². The van der Waals surface area contributed by atoms with Crippen LogP contribution in [0.3, 0.4) is 0 Å². The van der Waals surface area contributed by atoms with Crippen LogP contribution in [0.2, 0.25) is 0 Å². The molecule has 1 fully saturated rings. The summed E-state index contributed by atoms with van der Waals surface area (Å²) in [6.45, 7) is 0.667. The normalized spacial score (nSPS) is 18.1.